The third-order valence-electron chi connectivity index (χ3n) is 3.56. The van der Waals surface area contributed by atoms with Gasteiger partial charge in [-0.1, -0.05) is 41.4 Å². The van der Waals surface area contributed by atoms with Gasteiger partial charge < -0.3 is 15.2 Å². The SMILES string of the molecule is COc1cc(NC(=O)CCc2ccc(C)cc2)c(Cl)cc1C(=O)O. The average molecular weight is 348 g/mol. The van der Waals surface area contributed by atoms with E-state index < -0.39 is 5.97 Å². The molecular formula is C18H18ClNO4. The van der Waals surface area contributed by atoms with Crippen LogP contribution in [0.2, 0.25) is 5.02 Å². The van der Waals surface area contributed by atoms with Gasteiger partial charge in [0.05, 0.1) is 17.8 Å². The molecule has 2 rings (SSSR count). The minimum absolute atomic E-state index is 0.0554. The van der Waals surface area contributed by atoms with Crippen molar-refractivity contribution in [3.8, 4) is 5.75 Å². The second-order valence-corrected chi connectivity index (χ2v) is 5.78. The molecule has 0 radical (unpaired) electrons. The Balaban J connectivity index is 2.05. The molecule has 6 heteroatoms. The minimum atomic E-state index is -1.15. The molecule has 1 amide bonds. The first-order valence-electron chi connectivity index (χ1n) is 7.37. The summed E-state index contributed by atoms with van der Waals surface area (Å²) in [6.45, 7) is 2.01. The second kappa shape index (κ2) is 7.84. The highest BCUT2D eigenvalue weighted by Gasteiger charge is 2.16. The fourth-order valence-corrected chi connectivity index (χ4v) is 2.42. The molecule has 24 heavy (non-hydrogen) atoms. The van der Waals surface area contributed by atoms with Crippen LogP contribution >= 0.6 is 11.6 Å². The second-order valence-electron chi connectivity index (χ2n) is 5.37. The molecule has 5 nitrogen and oxygen atoms in total. The molecule has 0 bridgehead atoms. The summed E-state index contributed by atoms with van der Waals surface area (Å²) < 4.78 is 5.03. The Morgan fingerprint density at radius 2 is 1.88 bits per heavy atom. The Morgan fingerprint density at radius 3 is 2.46 bits per heavy atom. The van der Waals surface area contributed by atoms with Crippen molar-refractivity contribution < 1.29 is 19.4 Å². The predicted octanol–water partition coefficient (Wildman–Crippen LogP) is 3.93. The molecule has 0 aliphatic carbocycles. The van der Waals surface area contributed by atoms with E-state index in [4.69, 9.17) is 21.4 Å². The van der Waals surface area contributed by atoms with Crippen molar-refractivity contribution in [2.45, 2.75) is 19.8 Å². The van der Waals surface area contributed by atoms with Gasteiger partial charge in [0.1, 0.15) is 11.3 Å². The zero-order valence-corrected chi connectivity index (χ0v) is 14.2. The van der Waals surface area contributed by atoms with E-state index in [1.54, 1.807) is 0 Å². The number of hydrogen-bond donors (Lipinski definition) is 2. The summed E-state index contributed by atoms with van der Waals surface area (Å²) in [6, 6.07) is 10.6. The van der Waals surface area contributed by atoms with Crippen molar-refractivity contribution >= 4 is 29.2 Å². The van der Waals surface area contributed by atoms with Gasteiger partial charge in [0.2, 0.25) is 5.91 Å². The Hall–Kier alpha value is -2.53. The fourth-order valence-electron chi connectivity index (χ4n) is 2.21. The third kappa shape index (κ3) is 4.49. The van der Waals surface area contributed by atoms with Crippen LogP contribution in [0.1, 0.15) is 27.9 Å². The number of aryl methyl sites for hydroxylation is 2. The van der Waals surface area contributed by atoms with Crippen LogP contribution in [0.5, 0.6) is 5.75 Å². The molecule has 0 aliphatic heterocycles. The summed E-state index contributed by atoms with van der Waals surface area (Å²) in [7, 11) is 1.36. The average Bonchev–Trinajstić information content (AvgIpc) is 2.55. The molecule has 0 heterocycles. The summed E-state index contributed by atoms with van der Waals surface area (Å²) >= 11 is 6.05. The van der Waals surface area contributed by atoms with Crippen LogP contribution in [0, 0.1) is 6.92 Å². The number of carboxylic acid groups (broad SMARTS) is 1. The number of halogens is 1. The number of nitrogens with one attached hydrogen (secondary N) is 1. The molecule has 0 saturated carbocycles. The number of rotatable bonds is 6. The fraction of sp³-hybridized carbons (Fsp3) is 0.222. The van der Waals surface area contributed by atoms with Gasteiger partial charge in [-0.05, 0) is 25.0 Å². The van der Waals surface area contributed by atoms with Crippen LogP contribution in [0.25, 0.3) is 0 Å². The highest BCUT2D eigenvalue weighted by Crippen LogP contribution is 2.31. The number of ether oxygens (including phenoxy) is 1. The molecule has 0 saturated heterocycles. The first-order chi connectivity index (χ1) is 11.4. The van der Waals surface area contributed by atoms with E-state index in [0.717, 1.165) is 5.56 Å². The van der Waals surface area contributed by atoms with Crippen molar-refractivity contribution in [2.24, 2.45) is 0 Å². The van der Waals surface area contributed by atoms with E-state index in [0.29, 0.717) is 18.5 Å². The molecule has 0 unspecified atom stereocenters. The van der Waals surface area contributed by atoms with Crippen LogP contribution in [0.4, 0.5) is 5.69 Å². The maximum Gasteiger partial charge on any atom is 0.339 e. The molecule has 126 valence electrons. The number of benzene rings is 2. The maximum absolute atomic E-state index is 12.1. The number of anilines is 1. The Labute approximate surface area is 145 Å². The lowest BCUT2D eigenvalue weighted by atomic mass is 10.1. The van der Waals surface area contributed by atoms with E-state index in [9.17, 15) is 9.59 Å². The van der Waals surface area contributed by atoms with Gasteiger partial charge >= 0.3 is 5.97 Å². The lowest BCUT2D eigenvalue weighted by molar-refractivity contribution is -0.116. The molecule has 2 aromatic carbocycles. The number of methoxy groups -OCH3 is 1. The normalized spacial score (nSPS) is 10.3. The minimum Gasteiger partial charge on any atom is -0.496 e. The van der Waals surface area contributed by atoms with Crippen LogP contribution in [0.3, 0.4) is 0 Å². The zero-order valence-electron chi connectivity index (χ0n) is 13.4. The van der Waals surface area contributed by atoms with Gasteiger partial charge in [-0.25, -0.2) is 4.79 Å². The molecule has 0 aromatic heterocycles. The van der Waals surface area contributed by atoms with E-state index in [2.05, 4.69) is 5.32 Å². The van der Waals surface area contributed by atoms with Gasteiger partial charge in [-0.3, -0.25) is 4.79 Å². The smallest absolute Gasteiger partial charge is 0.339 e. The zero-order chi connectivity index (χ0) is 17.7. The highest BCUT2D eigenvalue weighted by molar-refractivity contribution is 6.34. The van der Waals surface area contributed by atoms with Crippen molar-refractivity contribution in [1.82, 2.24) is 0 Å². The van der Waals surface area contributed by atoms with Gasteiger partial charge in [0.15, 0.2) is 0 Å². The summed E-state index contributed by atoms with van der Waals surface area (Å²) in [5.74, 6) is -1.21. The summed E-state index contributed by atoms with van der Waals surface area (Å²) in [5, 5.41) is 11.9. The summed E-state index contributed by atoms with van der Waals surface area (Å²) in [4.78, 5) is 23.2. The van der Waals surface area contributed by atoms with Crippen molar-refractivity contribution in [2.75, 3.05) is 12.4 Å². The topological polar surface area (TPSA) is 75.6 Å². The Morgan fingerprint density at radius 1 is 1.21 bits per heavy atom. The van der Waals surface area contributed by atoms with Crippen LogP contribution in [0.15, 0.2) is 36.4 Å². The van der Waals surface area contributed by atoms with Gasteiger partial charge in [-0.15, -0.1) is 0 Å². The molecule has 0 atom stereocenters. The van der Waals surface area contributed by atoms with E-state index in [1.165, 1.54) is 24.8 Å². The number of amides is 1. The summed E-state index contributed by atoms with van der Waals surface area (Å²) in [5.41, 5.74) is 2.51. The third-order valence-corrected chi connectivity index (χ3v) is 3.87. The maximum atomic E-state index is 12.1. The lowest BCUT2D eigenvalue weighted by Crippen LogP contribution is -2.13. The van der Waals surface area contributed by atoms with E-state index >= 15 is 0 Å². The van der Waals surface area contributed by atoms with Crippen molar-refractivity contribution in [1.29, 1.82) is 0 Å². The molecule has 2 aromatic rings. The number of carbonyl (C=O) groups excluding carboxylic acids is 1. The number of aromatic carboxylic acids is 1. The number of carbonyl (C=O) groups is 2. The van der Waals surface area contributed by atoms with E-state index in [-0.39, 0.29) is 22.2 Å². The van der Waals surface area contributed by atoms with Crippen LogP contribution in [-0.4, -0.2) is 24.1 Å². The van der Waals surface area contributed by atoms with Gasteiger partial charge in [-0.2, -0.15) is 0 Å². The van der Waals surface area contributed by atoms with E-state index in [1.807, 2.05) is 31.2 Å². The van der Waals surface area contributed by atoms with Crippen molar-refractivity contribution in [3.63, 3.8) is 0 Å². The first-order valence-corrected chi connectivity index (χ1v) is 7.74. The lowest BCUT2D eigenvalue weighted by Gasteiger charge is -2.11. The Kier molecular flexibility index (Phi) is 5.82. The standard InChI is InChI=1S/C18H18ClNO4/c1-11-3-5-12(6-4-11)7-8-17(21)20-15-10-16(24-2)13(18(22)23)9-14(15)19/h3-6,9-10H,7-8H2,1-2H3,(H,20,21)(H,22,23). The molecule has 0 spiro atoms. The van der Waals surface area contributed by atoms with Gasteiger partial charge in [0.25, 0.3) is 0 Å². The first kappa shape index (κ1) is 17.8. The molecular weight excluding hydrogens is 330 g/mol. The summed E-state index contributed by atoms with van der Waals surface area (Å²) in [6.07, 6.45) is 0.899. The molecule has 2 N–H and O–H groups in total. The largest absolute Gasteiger partial charge is 0.496 e. The number of carboxylic acids is 1. The molecule has 0 fully saturated rings. The predicted molar refractivity (Wildman–Crippen MR) is 93.1 cm³/mol. The highest BCUT2D eigenvalue weighted by atomic mass is 35.5. The quantitative estimate of drug-likeness (QED) is 0.830. The van der Waals surface area contributed by atoms with Crippen LogP contribution in [-0.2, 0) is 11.2 Å². The van der Waals surface area contributed by atoms with Crippen molar-refractivity contribution in [3.05, 3.63) is 58.1 Å². The Bertz CT molecular complexity index is 756. The molecule has 0 aliphatic rings. The van der Waals surface area contributed by atoms with Gasteiger partial charge in [0, 0.05) is 12.5 Å². The monoisotopic (exact) mass is 347 g/mol. The van der Waals surface area contributed by atoms with Crippen LogP contribution < -0.4 is 10.1 Å². The number of hydrogen-bond acceptors (Lipinski definition) is 3.